The Hall–Kier alpha value is -4.83. The van der Waals surface area contributed by atoms with Gasteiger partial charge in [0.15, 0.2) is 11.5 Å². The number of amides is 1. The fourth-order valence-corrected chi connectivity index (χ4v) is 4.38. The summed E-state index contributed by atoms with van der Waals surface area (Å²) in [5, 5.41) is 18.6. The number of carboxylic acid groups (broad SMARTS) is 2. The van der Waals surface area contributed by atoms with Gasteiger partial charge < -0.3 is 24.4 Å². The molecule has 10 heteroatoms. The van der Waals surface area contributed by atoms with E-state index in [2.05, 4.69) is 16.3 Å². The van der Waals surface area contributed by atoms with E-state index in [1.54, 1.807) is 0 Å². The molecule has 1 fully saturated rings. The van der Waals surface area contributed by atoms with Crippen molar-refractivity contribution in [3.63, 3.8) is 0 Å². The zero-order chi connectivity index (χ0) is 28.3. The Bertz CT molecular complexity index is 1330. The van der Waals surface area contributed by atoms with Gasteiger partial charge in [0.05, 0.1) is 5.69 Å². The summed E-state index contributed by atoms with van der Waals surface area (Å²) in [6.45, 7) is 2.90. The maximum absolute atomic E-state index is 12.6. The van der Waals surface area contributed by atoms with Gasteiger partial charge in [-0.1, -0.05) is 54.6 Å². The van der Waals surface area contributed by atoms with Crippen LogP contribution in [0.1, 0.15) is 18.4 Å². The molecule has 3 aromatic carbocycles. The molecule has 0 aromatic heterocycles. The van der Waals surface area contributed by atoms with Gasteiger partial charge in [-0.2, -0.15) is 0 Å². The number of fused-ring (bicyclic) bond motifs is 1. The number of nitrogens with zero attached hydrogens (tertiary/aromatic N) is 1. The van der Waals surface area contributed by atoms with E-state index in [9.17, 15) is 14.4 Å². The second-order valence-electron chi connectivity index (χ2n) is 9.11. The average molecular weight is 547 g/mol. The molecule has 0 radical (unpaired) electrons. The lowest BCUT2D eigenvalue weighted by molar-refractivity contribution is -0.134. The van der Waals surface area contributed by atoms with Crippen molar-refractivity contribution in [2.75, 3.05) is 25.2 Å². The highest BCUT2D eigenvalue weighted by Gasteiger charge is 2.23. The number of hydrogen-bond acceptors (Lipinski definition) is 7. The van der Waals surface area contributed by atoms with Gasteiger partial charge in [-0.25, -0.2) is 14.4 Å². The van der Waals surface area contributed by atoms with Crippen LogP contribution in [0.2, 0.25) is 0 Å². The molecule has 0 spiro atoms. The van der Waals surface area contributed by atoms with Crippen LogP contribution in [0.15, 0.2) is 84.9 Å². The molecule has 40 heavy (non-hydrogen) atoms. The molecule has 2 aliphatic rings. The molecular weight excluding hydrogens is 516 g/mol. The van der Waals surface area contributed by atoms with Crippen molar-refractivity contribution in [2.24, 2.45) is 0 Å². The molecule has 3 aromatic rings. The summed E-state index contributed by atoms with van der Waals surface area (Å²) in [4.78, 5) is 34.1. The quantitative estimate of drug-likeness (QED) is 0.350. The van der Waals surface area contributed by atoms with Crippen LogP contribution in [0, 0.1) is 0 Å². The minimum absolute atomic E-state index is 0.0770. The smallest absolute Gasteiger partial charge is 0.411 e. The summed E-state index contributed by atoms with van der Waals surface area (Å²) < 4.78 is 16.6. The van der Waals surface area contributed by atoms with E-state index in [1.807, 2.05) is 66.7 Å². The van der Waals surface area contributed by atoms with Crippen molar-refractivity contribution in [2.45, 2.75) is 25.5 Å². The van der Waals surface area contributed by atoms with Gasteiger partial charge in [-0.05, 0) is 42.2 Å². The first-order valence-corrected chi connectivity index (χ1v) is 12.7. The lowest BCUT2D eigenvalue weighted by atomic mass is 10.0. The molecule has 1 amide bonds. The number of carboxylic acids is 2. The molecular formula is C30H30N2O8. The average Bonchev–Trinajstić information content (AvgIpc) is 3.42. The van der Waals surface area contributed by atoms with E-state index in [-0.39, 0.29) is 6.10 Å². The Balaban J connectivity index is 0.000000406. The van der Waals surface area contributed by atoms with Gasteiger partial charge in [0, 0.05) is 37.3 Å². The fraction of sp³-hybridized carbons (Fsp3) is 0.233. The first-order valence-electron chi connectivity index (χ1n) is 12.7. The van der Waals surface area contributed by atoms with Crippen LogP contribution >= 0.6 is 0 Å². The van der Waals surface area contributed by atoms with Crippen LogP contribution in [0.3, 0.4) is 0 Å². The van der Waals surface area contributed by atoms with Crippen molar-refractivity contribution in [1.29, 1.82) is 0 Å². The zero-order valence-corrected chi connectivity index (χ0v) is 21.7. The first kappa shape index (κ1) is 28.2. The Morgan fingerprint density at radius 2 is 1.52 bits per heavy atom. The standard InChI is InChI=1S/C26H26N2O4.C4H4O4/c29-26(27-23-9-5-4-8-22(23)20-6-2-1-3-7-20)32-21-12-14-28(15-13-21)17-19-10-11-24-25(16-19)31-18-30-24;5-3(6)1-2-4(7)8/h1-11,16,21H,12-15,17-18H2,(H,27,29);1-2H,(H,5,6)(H,7,8). The van der Waals surface area contributed by atoms with Gasteiger partial charge in [0.25, 0.3) is 0 Å². The molecule has 10 nitrogen and oxygen atoms in total. The minimum atomic E-state index is -1.26. The second-order valence-corrected chi connectivity index (χ2v) is 9.11. The highest BCUT2D eigenvalue weighted by atomic mass is 16.7. The Morgan fingerprint density at radius 3 is 2.23 bits per heavy atom. The predicted molar refractivity (Wildman–Crippen MR) is 147 cm³/mol. The van der Waals surface area contributed by atoms with Crippen molar-refractivity contribution in [3.05, 3.63) is 90.5 Å². The van der Waals surface area contributed by atoms with Crippen molar-refractivity contribution < 1.29 is 38.8 Å². The topological polar surface area (TPSA) is 135 Å². The fourth-order valence-electron chi connectivity index (χ4n) is 4.38. The Morgan fingerprint density at radius 1 is 0.875 bits per heavy atom. The zero-order valence-electron chi connectivity index (χ0n) is 21.7. The van der Waals surface area contributed by atoms with Crippen LogP contribution in [-0.4, -0.2) is 59.1 Å². The number of nitrogens with one attached hydrogen (secondary N) is 1. The summed E-state index contributed by atoms with van der Waals surface area (Å²) in [7, 11) is 0. The first-order chi connectivity index (χ1) is 19.4. The van der Waals surface area contributed by atoms with Gasteiger partial charge in [0.2, 0.25) is 6.79 Å². The number of likely N-dealkylation sites (tertiary alicyclic amines) is 1. The number of piperidine rings is 1. The second kappa shape index (κ2) is 13.8. The third kappa shape index (κ3) is 8.34. The van der Waals surface area contributed by atoms with Crippen LogP contribution in [0.25, 0.3) is 11.1 Å². The summed E-state index contributed by atoms with van der Waals surface area (Å²) in [5.41, 5.74) is 3.98. The predicted octanol–water partition coefficient (Wildman–Crippen LogP) is 5.01. The maximum Gasteiger partial charge on any atom is 0.411 e. The molecule has 0 atom stereocenters. The van der Waals surface area contributed by atoms with Crippen LogP contribution < -0.4 is 14.8 Å². The summed E-state index contributed by atoms with van der Waals surface area (Å²) in [6.07, 6.45) is 2.27. The SMILES string of the molecule is O=C(Nc1ccccc1-c1ccccc1)OC1CCN(Cc2ccc3c(c2)OCO3)CC1.O=C(O)C=CC(=O)O. The number of carbonyl (C=O) groups is 3. The summed E-state index contributed by atoms with van der Waals surface area (Å²) in [6, 6.07) is 23.9. The Labute approximate surface area is 231 Å². The molecule has 5 rings (SSSR count). The number of para-hydroxylation sites is 1. The van der Waals surface area contributed by atoms with E-state index in [0.29, 0.717) is 18.9 Å². The van der Waals surface area contributed by atoms with Gasteiger partial charge in [-0.3, -0.25) is 10.2 Å². The third-order valence-electron chi connectivity index (χ3n) is 6.27. The number of carbonyl (C=O) groups excluding carboxylic acids is 1. The minimum Gasteiger partial charge on any atom is -0.478 e. The number of aliphatic carboxylic acids is 2. The van der Waals surface area contributed by atoms with Gasteiger partial charge in [0.1, 0.15) is 6.10 Å². The van der Waals surface area contributed by atoms with Crippen molar-refractivity contribution in [1.82, 2.24) is 4.90 Å². The van der Waals surface area contributed by atoms with Crippen LogP contribution in [-0.2, 0) is 20.9 Å². The molecule has 0 bridgehead atoms. The summed E-state index contributed by atoms with van der Waals surface area (Å²) in [5.74, 6) is -0.895. The van der Waals surface area contributed by atoms with E-state index < -0.39 is 18.0 Å². The largest absolute Gasteiger partial charge is 0.478 e. The number of hydrogen-bond donors (Lipinski definition) is 3. The van der Waals surface area contributed by atoms with E-state index >= 15 is 0 Å². The molecule has 3 N–H and O–H groups in total. The van der Waals surface area contributed by atoms with E-state index in [0.717, 1.165) is 60.8 Å². The van der Waals surface area contributed by atoms with Crippen molar-refractivity contribution >= 4 is 23.7 Å². The van der Waals surface area contributed by atoms with Crippen molar-refractivity contribution in [3.8, 4) is 22.6 Å². The molecule has 0 aliphatic carbocycles. The number of rotatable bonds is 7. The normalized spacial score (nSPS) is 14.7. The molecule has 2 aliphatic heterocycles. The number of ether oxygens (including phenoxy) is 3. The van der Waals surface area contributed by atoms with Gasteiger partial charge >= 0.3 is 18.0 Å². The number of benzene rings is 3. The van der Waals surface area contributed by atoms with Gasteiger partial charge in [-0.15, -0.1) is 0 Å². The Kier molecular flexibility index (Phi) is 9.73. The van der Waals surface area contributed by atoms with Crippen LogP contribution in [0.5, 0.6) is 11.5 Å². The lowest BCUT2D eigenvalue weighted by Crippen LogP contribution is -2.38. The lowest BCUT2D eigenvalue weighted by Gasteiger charge is -2.31. The maximum atomic E-state index is 12.6. The molecule has 208 valence electrons. The molecule has 2 heterocycles. The molecule has 1 saturated heterocycles. The highest BCUT2D eigenvalue weighted by molar-refractivity contribution is 5.91. The molecule has 0 unspecified atom stereocenters. The van der Waals surface area contributed by atoms with E-state index in [1.165, 1.54) is 5.56 Å². The monoisotopic (exact) mass is 546 g/mol. The highest BCUT2D eigenvalue weighted by Crippen LogP contribution is 2.33. The third-order valence-corrected chi connectivity index (χ3v) is 6.27. The van der Waals surface area contributed by atoms with E-state index in [4.69, 9.17) is 24.4 Å². The summed E-state index contributed by atoms with van der Waals surface area (Å²) >= 11 is 0. The number of anilines is 1. The van der Waals surface area contributed by atoms with Crippen LogP contribution in [0.4, 0.5) is 10.5 Å². The molecule has 0 saturated carbocycles.